The highest BCUT2D eigenvalue weighted by atomic mass is 32.2. The lowest BCUT2D eigenvalue weighted by molar-refractivity contribution is -0.252. The average molecular weight is 414 g/mol. The highest BCUT2D eigenvalue weighted by Crippen LogP contribution is 2.57. The number of hydrogen-bond donors (Lipinski definition) is 0. The monoisotopic (exact) mass is 413 g/mol. The van der Waals surface area contributed by atoms with Gasteiger partial charge in [0.15, 0.2) is 0 Å². The van der Waals surface area contributed by atoms with Crippen LogP contribution in [0.25, 0.3) is 0 Å². The zero-order chi connectivity index (χ0) is 19.8. The van der Waals surface area contributed by atoms with Crippen molar-refractivity contribution in [3.63, 3.8) is 0 Å². The maximum atomic E-state index is 13.8. The third-order valence-electron chi connectivity index (χ3n) is 5.16. The van der Waals surface area contributed by atoms with E-state index in [0.29, 0.717) is 32.4 Å². The van der Waals surface area contributed by atoms with E-state index >= 15 is 0 Å². The van der Waals surface area contributed by atoms with Crippen LogP contribution < -0.4 is 0 Å². The Hall–Kier alpha value is -0.700. The number of amides is 1. The Bertz CT molecular complexity index is 554. The molecule has 2 fully saturated rings. The van der Waals surface area contributed by atoms with Crippen LogP contribution in [0, 0.1) is 5.41 Å². The molecule has 1 saturated heterocycles. The van der Waals surface area contributed by atoms with Gasteiger partial charge in [-0.25, -0.2) is 4.79 Å². The second-order valence-corrected chi connectivity index (χ2v) is 9.60. The molecule has 0 aromatic rings. The predicted octanol–water partition coefficient (Wildman–Crippen LogP) is 5.15. The number of ether oxygens (including phenoxy) is 2. The highest BCUT2D eigenvalue weighted by molar-refractivity contribution is 8.22. The quantitative estimate of drug-likeness (QED) is 0.556. The summed E-state index contributed by atoms with van der Waals surface area (Å²) in [5.74, 6) is 0. The number of rotatable bonds is 1. The van der Waals surface area contributed by atoms with Crippen molar-refractivity contribution in [1.82, 2.24) is 4.90 Å². The van der Waals surface area contributed by atoms with Gasteiger partial charge in [0.1, 0.15) is 5.60 Å². The standard InChI is InChI=1S/C17H26F3NO3S2/c1-14(2,3)23-12(22)21-9-7-15(8-10-21)5-6-16(11-15,17(18,19)20)24-13(25)26-4/h5-11H2,1-4H3. The Labute approximate surface area is 162 Å². The molecule has 0 radical (unpaired) electrons. The number of halogens is 3. The third-order valence-corrected chi connectivity index (χ3v) is 6.16. The Morgan fingerprint density at radius 2 is 1.69 bits per heavy atom. The lowest BCUT2D eigenvalue weighted by Crippen LogP contribution is -2.49. The molecule has 0 N–H and O–H groups in total. The minimum absolute atomic E-state index is 0.0782. The average Bonchev–Trinajstić information content (AvgIpc) is 2.85. The highest BCUT2D eigenvalue weighted by Gasteiger charge is 2.65. The Morgan fingerprint density at radius 3 is 2.15 bits per heavy atom. The van der Waals surface area contributed by atoms with Gasteiger partial charge in [-0.05, 0) is 70.3 Å². The SMILES string of the molecule is CSC(=S)OC1(C(F)(F)F)CCC2(CCN(C(=O)OC(C)(C)C)CC2)C1. The zero-order valence-electron chi connectivity index (χ0n) is 15.6. The molecule has 1 unspecified atom stereocenters. The summed E-state index contributed by atoms with van der Waals surface area (Å²) < 4.78 is 51.8. The molecule has 1 atom stereocenters. The minimum Gasteiger partial charge on any atom is -0.462 e. The van der Waals surface area contributed by atoms with Gasteiger partial charge >= 0.3 is 12.3 Å². The van der Waals surface area contributed by atoms with E-state index in [4.69, 9.17) is 21.7 Å². The Morgan fingerprint density at radius 1 is 1.12 bits per heavy atom. The molecular weight excluding hydrogens is 387 g/mol. The lowest BCUT2D eigenvalue weighted by Gasteiger charge is -2.41. The molecule has 2 aliphatic rings. The van der Waals surface area contributed by atoms with Crippen molar-refractivity contribution < 1.29 is 27.4 Å². The van der Waals surface area contributed by atoms with Crippen molar-refractivity contribution in [2.45, 2.75) is 70.3 Å². The molecule has 150 valence electrons. The van der Waals surface area contributed by atoms with E-state index in [2.05, 4.69) is 0 Å². The summed E-state index contributed by atoms with van der Waals surface area (Å²) in [6.07, 6.45) is -2.03. The van der Waals surface area contributed by atoms with Crippen molar-refractivity contribution in [3.05, 3.63) is 0 Å². The number of thioether (sulfide) groups is 1. The van der Waals surface area contributed by atoms with Gasteiger partial charge in [-0.3, -0.25) is 0 Å². The maximum absolute atomic E-state index is 13.8. The van der Waals surface area contributed by atoms with E-state index in [1.807, 2.05) is 0 Å². The molecule has 1 heterocycles. The molecule has 4 nitrogen and oxygen atoms in total. The van der Waals surface area contributed by atoms with Gasteiger partial charge in [0.2, 0.25) is 9.98 Å². The van der Waals surface area contributed by atoms with E-state index in [9.17, 15) is 18.0 Å². The summed E-state index contributed by atoms with van der Waals surface area (Å²) in [5.41, 5.74) is -3.27. The van der Waals surface area contributed by atoms with Crippen molar-refractivity contribution in [2.24, 2.45) is 5.41 Å². The molecule has 1 aliphatic heterocycles. The number of likely N-dealkylation sites (tertiary alicyclic amines) is 1. The van der Waals surface area contributed by atoms with Crippen molar-refractivity contribution in [1.29, 1.82) is 0 Å². The van der Waals surface area contributed by atoms with Gasteiger partial charge < -0.3 is 14.4 Å². The smallest absolute Gasteiger partial charge is 0.428 e. The van der Waals surface area contributed by atoms with Crippen LogP contribution in [0.4, 0.5) is 18.0 Å². The first-order valence-corrected chi connectivity index (χ1v) is 10.3. The predicted molar refractivity (Wildman–Crippen MR) is 99.3 cm³/mol. The first-order valence-electron chi connectivity index (χ1n) is 8.63. The summed E-state index contributed by atoms with van der Waals surface area (Å²) in [7, 11) is 0. The fourth-order valence-electron chi connectivity index (χ4n) is 3.75. The van der Waals surface area contributed by atoms with Crippen LogP contribution in [0.15, 0.2) is 0 Å². The number of thiocarbonyl (C=S) groups is 1. The van der Waals surface area contributed by atoms with Crippen molar-refractivity contribution in [3.8, 4) is 0 Å². The van der Waals surface area contributed by atoms with E-state index in [-0.39, 0.29) is 17.2 Å². The summed E-state index contributed by atoms with van der Waals surface area (Å²) in [6, 6.07) is 0. The van der Waals surface area contributed by atoms with E-state index in [0.717, 1.165) is 11.8 Å². The number of carbonyl (C=O) groups excluding carboxylic acids is 1. The van der Waals surface area contributed by atoms with E-state index < -0.39 is 28.9 Å². The summed E-state index contributed by atoms with van der Waals surface area (Å²) in [4.78, 5) is 13.7. The van der Waals surface area contributed by atoms with Crippen LogP contribution in [0.2, 0.25) is 0 Å². The van der Waals surface area contributed by atoms with Crippen LogP contribution in [0.3, 0.4) is 0 Å². The van der Waals surface area contributed by atoms with Gasteiger partial charge in [0.25, 0.3) is 0 Å². The normalized spacial score (nSPS) is 26.0. The van der Waals surface area contributed by atoms with Crippen molar-refractivity contribution >= 4 is 34.5 Å². The molecule has 26 heavy (non-hydrogen) atoms. The number of alkyl halides is 3. The summed E-state index contributed by atoms with van der Waals surface area (Å²) in [6.45, 7) is 6.16. The first-order chi connectivity index (χ1) is 11.8. The zero-order valence-corrected chi connectivity index (χ0v) is 17.2. The lowest BCUT2D eigenvalue weighted by atomic mass is 9.76. The first kappa shape index (κ1) is 21.6. The number of carbonyl (C=O) groups is 1. The van der Waals surface area contributed by atoms with Crippen molar-refractivity contribution in [2.75, 3.05) is 19.3 Å². The van der Waals surface area contributed by atoms with Gasteiger partial charge in [0, 0.05) is 19.5 Å². The summed E-state index contributed by atoms with van der Waals surface area (Å²) >= 11 is 5.91. The molecule has 2 rings (SSSR count). The summed E-state index contributed by atoms with van der Waals surface area (Å²) in [5, 5.41) is 0. The second kappa shape index (κ2) is 7.37. The van der Waals surface area contributed by atoms with Crippen LogP contribution in [-0.4, -0.2) is 52.1 Å². The minimum atomic E-state index is -4.47. The Kier molecular flexibility index (Phi) is 6.12. The van der Waals surface area contributed by atoms with E-state index in [1.54, 1.807) is 31.9 Å². The van der Waals surface area contributed by atoms with Crippen LogP contribution >= 0.6 is 24.0 Å². The molecule has 0 aromatic heterocycles. The van der Waals surface area contributed by atoms with Gasteiger partial charge in [-0.2, -0.15) is 13.2 Å². The number of nitrogens with zero attached hydrogens (tertiary/aromatic N) is 1. The molecule has 1 aliphatic carbocycles. The topological polar surface area (TPSA) is 38.8 Å². The van der Waals surface area contributed by atoms with Crippen LogP contribution in [-0.2, 0) is 9.47 Å². The van der Waals surface area contributed by atoms with Gasteiger partial charge in [0.05, 0.1) is 0 Å². The second-order valence-electron chi connectivity index (χ2n) is 8.19. The number of hydrogen-bond acceptors (Lipinski definition) is 5. The largest absolute Gasteiger partial charge is 0.462 e. The molecular formula is C17H26F3NO3S2. The molecule has 0 bridgehead atoms. The maximum Gasteiger partial charge on any atom is 0.428 e. The molecule has 1 spiro atoms. The molecule has 1 saturated carbocycles. The van der Waals surface area contributed by atoms with Gasteiger partial charge in [-0.1, -0.05) is 11.8 Å². The molecule has 9 heteroatoms. The van der Waals surface area contributed by atoms with E-state index in [1.165, 1.54) is 0 Å². The van der Waals surface area contributed by atoms with Crippen LogP contribution in [0.5, 0.6) is 0 Å². The Balaban J connectivity index is 2.05. The third kappa shape index (κ3) is 4.77. The molecule has 1 amide bonds. The fourth-order valence-corrected chi connectivity index (χ4v) is 4.16. The number of piperidine rings is 1. The van der Waals surface area contributed by atoms with Crippen LogP contribution in [0.1, 0.15) is 52.9 Å². The molecule has 0 aromatic carbocycles. The fraction of sp³-hybridized carbons (Fsp3) is 0.882. The van der Waals surface area contributed by atoms with Gasteiger partial charge in [-0.15, -0.1) is 0 Å².